The van der Waals surface area contributed by atoms with Crippen molar-refractivity contribution < 1.29 is 304 Å². The van der Waals surface area contributed by atoms with Gasteiger partial charge in [0.25, 0.3) is 11.6 Å². The summed E-state index contributed by atoms with van der Waals surface area (Å²) in [5.74, 6) is 1.39. The number of hydrogen-bond donors (Lipinski definition) is 2. The van der Waals surface area contributed by atoms with E-state index < -0.39 is 50.5 Å². The van der Waals surface area contributed by atoms with Gasteiger partial charge < -0.3 is 151 Å². The molecule has 0 spiro atoms. The number of anilines is 2. The molecule has 0 aliphatic carbocycles. The van der Waals surface area contributed by atoms with Crippen LogP contribution in [0.15, 0.2) is 48.8 Å². The number of aromatic nitrogens is 2. The van der Waals surface area contributed by atoms with Crippen LogP contribution < -0.4 is 52.1 Å². The molecule has 0 aliphatic heterocycles. The fraction of sp³-hybridized carbons (Fsp3) is 0.500. The molecule has 0 saturated carbocycles. The van der Waals surface area contributed by atoms with Crippen LogP contribution in [0.1, 0.15) is 13.8 Å². The summed E-state index contributed by atoms with van der Waals surface area (Å²) in [7, 11) is 0. The van der Waals surface area contributed by atoms with Crippen molar-refractivity contribution >= 4 is 11.6 Å². The first-order valence-electron chi connectivity index (χ1n) is 9.09. The molecule has 2 aromatic rings. The Labute approximate surface area is 436 Å². The zero-order valence-corrected chi connectivity index (χ0v) is 42.7. The Morgan fingerprint density at radius 3 is 0.559 bits per heavy atom. The molecule has 391 valence electrons. The van der Waals surface area contributed by atoms with Crippen molar-refractivity contribution in [1.29, 1.82) is 0 Å². The van der Waals surface area contributed by atoms with Crippen LogP contribution in [0.25, 0.3) is 0 Å². The SMILES string of the molecule is CC(C[O-])(C[O-])C[O-].CC(C[O-])(C[O-])C[O-].Nc1cccc[nH+]1.Nc1cccc[nH+]1.O.O.O.O.[Mo].[Mo].[Mo].[Mo].[Mo].[Mo].[Ni+3].[O-2].[O-2].[O-2].[O-2].[O-2].[O-2].[O-2].[O-2].[O-2].[O-2].[O-2].[O-2].[O-2].[O-2].[O-2].[O-2].[OH-].[OH-]. The molecule has 2 aromatic heterocycles. The number of pyridine rings is 2. The van der Waals surface area contributed by atoms with E-state index in [0.29, 0.717) is 11.6 Å². The van der Waals surface area contributed by atoms with Gasteiger partial charge in [0.2, 0.25) is 0 Å². The van der Waals surface area contributed by atoms with Crippen LogP contribution in [0.3, 0.4) is 0 Å². The first kappa shape index (κ1) is 247. The molecule has 16 N–H and O–H groups in total. The maximum Gasteiger partial charge on any atom is 3.00 e. The first-order valence-corrected chi connectivity index (χ1v) is 9.09. The zero-order chi connectivity index (χ0) is 23.5. The molecule has 0 fully saturated rings. The largest absolute Gasteiger partial charge is 3.00 e. The van der Waals surface area contributed by atoms with E-state index in [-0.39, 0.29) is 263 Å². The van der Waals surface area contributed by atoms with Gasteiger partial charge in [-0.1, -0.05) is 36.8 Å². The van der Waals surface area contributed by atoms with Crippen LogP contribution in [0.2, 0.25) is 0 Å². The molecular formula is C20H42Mo6N4NiO28-35. The molecular weight excluding hydrogens is 1380 g/mol. The molecule has 32 nitrogen and oxygen atoms in total. The number of nitrogens with two attached hydrogens (primary N) is 2. The van der Waals surface area contributed by atoms with Gasteiger partial charge >= 0.3 is 16.5 Å². The van der Waals surface area contributed by atoms with Gasteiger partial charge in [0.1, 0.15) is 0 Å². The van der Waals surface area contributed by atoms with Gasteiger partial charge in [-0.3, -0.25) is 11.5 Å². The van der Waals surface area contributed by atoms with Crippen molar-refractivity contribution in [2.75, 3.05) is 51.1 Å². The average molecular weight is 1420 g/mol. The normalized spacial score (nSPS) is 5.29. The third kappa shape index (κ3) is 156. The molecule has 1 radical (unpaired) electrons. The minimum Gasteiger partial charge on any atom is -2.00 e. The molecule has 0 aromatic carbocycles. The van der Waals surface area contributed by atoms with Gasteiger partial charge in [-0.15, -0.1) is 39.6 Å². The maximum absolute atomic E-state index is 10.0. The standard InChI is InChI=1S/2C5H6N2.2C5H9O3.6Mo.Ni.6H2O.16O/c2*6-5-3-1-2-4-7-5;2*1-5(2-6,3-7)4-8;;;;;;;;;;;;;;;;;;;;;;;;;;;;;/h2*1-4H,(H2,6,7);2*2-4H2,1H3;;;;;;;;6*1H2;;;;;;;;;;;;;;;;/q;;2*-3;;;;;;;+3;;;;;;;16*-2. The second kappa shape index (κ2) is 162. The van der Waals surface area contributed by atoms with Crippen LogP contribution in [0.5, 0.6) is 0 Å². The van der Waals surface area contributed by atoms with E-state index in [1.807, 2.05) is 24.3 Å². The number of nitrogen functional groups attached to an aromatic ring is 2. The van der Waals surface area contributed by atoms with E-state index in [1.54, 1.807) is 24.5 Å². The molecule has 0 amide bonds. The summed E-state index contributed by atoms with van der Waals surface area (Å²) < 4.78 is 0. The molecule has 0 bridgehead atoms. The summed E-state index contributed by atoms with van der Waals surface area (Å²) in [6.07, 6.45) is 3.57. The topological polar surface area (TPSA) is 861 Å². The molecule has 59 heavy (non-hydrogen) atoms. The van der Waals surface area contributed by atoms with Crippen LogP contribution in [-0.2, 0) is 231 Å². The van der Waals surface area contributed by atoms with Gasteiger partial charge in [0.05, 0.1) is 12.4 Å². The van der Waals surface area contributed by atoms with Gasteiger partial charge in [-0.05, 0) is 12.1 Å². The number of H-pyrrole nitrogens is 2. The second-order valence-electron chi connectivity index (χ2n) is 7.12. The van der Waals surface area contributed by atoms with Crippen molar-refractivity contribution in [3.05, 3.63) is 48.8 Å². The maximum atomic E-state index is 10.0. The molecule has 0 aliphatic rings. The van der Waals surface area contributed by atoms with E-state index in [4.69, 9.17) is 11.5 Å². The number of nitrogens with one attached hydrogen (secondary N) is 2. The van der Waals surface area contributed by atoms with E-state index in [9.17, 15) is 30.6 Å². The summed E-state index contributed by atoms with van der Waals surface area (Å²) >= 11 is 0. The quantitative estimate of drug-likeness (QED) is 0.257. The summed E-state index contributed by atoms with van der Waals surface area (Å²) in [6.45, 7) is -0.500. The zero-order valence-electron chi connectivity index (χ0n) is 29.7. The molecule has 2 rings (SSSR count). The summed E-state index contributed by atoms with van der Waals surface area (Å²) in [5, 5.41) is 60.1. The number of rotatable bonds is 6. The number of aromatic amines is 2. The Morgan fingerprint density at radius 2 is 0.525 bits per heavy atom. The first-order chi connectivity index (χ1) is 14.2. The van der Waals surface area contributed by atoms with Gasteiger partial charge in [0.15, 0.2) is 0 Å². The fourth-order valence-corrected chi connectivity index (χ4v) is 1.06. The third-order valence-electron chi connectivity index (χ3n) is 3.56. The fourth-order valence-electron chi connectivity index (χ4n) is 1.06. The summed E-state index contributed by atoms with van der Waals surface area (Å²) in [4.78, 5) is 5.62. The van der Waals surface area contributed by atoms with Gasteiger partial charge in [-0.2, -0.15) is 0 Å². The summed E-state index contributed by atoms with van der Waals surface area (Å²) in [5.41, 5.74) is 8.52. The van der Waals surface area contributed by atoms with Crippen LogP contribution >= 0.6 is 0 Å². The summed E-state index contributed by atoms with van der Waals surface area (Å²) in [6, 6.07) is 11.1. The van der Waals surface area contributed by atoms with E-state index in [0.717, 1.165) is 0 Å². The predicted molar refractivity (Wildman–Crippen MR) is 130 cm³/mol. The minimum absolute atomic E-state index is 0. The molecule has 0 unspecified atom stereocenters. The Kier molecular flexibility index (Phi) is 676. The van der Waals surface area contributed by atoms with Crippen molar-refractivity contribution in [3.8, 4) is 0 Å². The van der Waals surface area contributed by atoms with E-state index in [2.05, 4.69) is 9.97 Å². The molecule has 0 saturated heterocycles. The molecule has 0 atom stereocenters. The van der Waals surface area contributed by atoms with Gasteiger partial charge in [0, 0.05) is 139 Å². The Bertz CT molecular complexity index is 604. The van der Waals surface area contributed by atoms with Gasteiger partial charge in [-0.25, -0.2) is 9.97 Å². The smallest absolute Gasteiger partial charge is 2.00 e. The monoisotopic (exact) mass is 1430 g/mol. The average Bonchev–Trinajstić information content (AvgIpc) is 2.80. The third-order valence-corrected chi connectivity index (χ3v) is 3.56. The van der Waals surface area contributed by atoms with Crippen LogP contribution in [0, 0.1) is 10.8 Å². The van der Waals surface area contributed by atoms with Crippen molar-refractivity contribution in [3.63, 3.8) is 0 Å². The predicted octanol–water partition coefficient (Wildman–Crippen LogP) is -11.3. The number of hydrogen-bond acceptors (Lipinski definition) is 10. The Morgan fingerprint density at radius 1 is 0.390 bits per heavy atom. The Hall–Kier alpha value is 1.40. The van der Waals surface area contributed by atoms with E-state index >= 15 is 0 Å². The minimum atomic E-state index is -1.04. The van der Waals surface area contributed by atoms with E-state index in [1.165, 1.54) is 13.8 Å². The Balaban J connectivity index is -0.00000000525. The molecule has 39 heteroatoms. The van der Waals surface area contributed by atoms with Crippen molar-refractivity contribution in [1.82, 2.24) is 0 Å². The molecule has 2 heterocycles. The van der Waals surface area contributed by atoms with Crippen molar-refractivity contribution in [2.24, 2.45) is 10.8 Å². The van der Waals surface area contributed by atoms with Crippen LogP contribution in [-0.4, -0.2) is 72.5 Å². The van der Waals surface area contributed by atoms with Crippen molar-refractivity contribution in [2.45, 2.75) is 13.8 Å². The second-order valence-corrected chi connectivity index (χ2v) is 7.12. The van der Waals surface area contributed by atoms with Crippen LogP contribution in [0.4, 0.5) is 11.6 Å².